The number of hydrogen-bond donors (Lipinski definition) is 1. The molecule has 1 heterocycles. The molecule has 1 aliphatic rings. The van der Waals surface area contributed by atoms with Gasteiger partial charge in [0.25, 0.3) is 5.91 Å². The third kappa shape index (κ3) is 3.50. The number of carboxylic acid groups (broad SMARTS) is 1. The number of hydrogen-bond acceptors (Lipinski definition) is 2. The van der Waals surface area contributed by atoms with E-state index in [2.05, 4.69) is 0 Å². The molecule has 0 bridgehead atoms. The molecule has 1 N–H and O–H groups in total. The third-order valence-electron chi connectivity index (χ3n) is 3.21. The van der Waals surface area contributed by atoms with Crippen LogP contribution in [0.15, 0.2) is 12.3 Å². The van der Waals surface area contributed by atoms with E-state index >= 15 is 0 Å². The second-order valence-electron chi connectivity index (χ2n) is 4.85. The first-order valence-electron chi connectivity index (χ1n) is 6.38. The highest BCUT2D eigenvalue weighted by molar-refractivity contribution is 6.31. The SMILES string of the molecule is CCn1cc(Cl)cc1C(=O)N(CC(=O)O)CC1CC1. The molecule has 1 aromatic heterocycles. The maximum Gasteiger partial charge on any atom is 0.323 e. The number of carbonyl (C=O) groups is 2. The van der Waals surface area contributed by atoms with Crippen LogP contribution < -0.4 is 0 Å². The molecule has 0 spiro atoms. The van der Waals surface area contributed by atoms with Crippen molar-refractivity contribution in [3.8, 4) is 0 Å². The normalized spacial score (nSPS) is 14.4. The molecule has 0 radical (unpaired) electrons. The first kappa shape index (κ1) is 13.9. The summed E-state index contributed by atoms with van der Waals surface area (Å²) in [7, 11) is 0. The molecular weight excluding hydrogens is 268 g/mol. The van der Waals surface area contributed by atoms with Gasteiger partial charge in [-0.15, -0.1) is 0 Å². The average molecular weight is 285 g/mol. The van der Waals surface area contributed by atoms with Crippen LogP contribution in [-0.2, 0) is 11.3 Å². The summed E-state index contributed by atoms with van der Waals surface area (Å²) >= 11 is 5.91. The highest BCUT2D eigenvalue weighted by Gasteiger charge is 2.29. The molecule has 104 valence electrons. The molecule has 1 saturated carbocycles. The number of aromatic nitrogens is 1. The summed E-state index contributed by atoms with van der Waals surface area (Å²) in [5.41, 5.74) is 0.453. The van der Waals surface area contributed by atoms with Gasteiger partial charge in [0.05, 0.1) is 5.02 Å². The summed E-state index contributed by atoms with van der Waals surface area (Å²) in [4.78, 5) is 24.7. The Morgan fingerprint density at radius 1 is 1.53 bits per heavy atom. The van der Waals surface area contributed by atoms with Crippen LogP contribution in [0.5, 0.6) is 0 Å². The van der Waals surface area contributed by atoms with Crippen LogP contribution in [0.2, 0.25) is 5.02 Å². The lowest BCUT2D eigenvalue weighted by atomic mass is 10.3. The fourth-order valence-electron chi connectivity index (χ4n) is 2.07. The lowest BCUT2D eigenvalue weighted by molar-refractivity contribution is -0.137. The highest BCUT2D eigenvalue weighted by atomic mass is 35.5. The van der Waals surface area contributed by atoms with Gasteiger partial charge in [0.1, 0.15) is 12.2 Å². The van der Waals surface area contributed by atoms with Crippen LogP contribution in [-0.4, -0.2) is 39.5 Å². The van der Waals surface area contributed by atoms with Crippen molar-refractivity contribution in [2.45, 2.75) is 26.3 Å². The molecule has 2 rings (SSSR count). The quantitative estimate of drug-likeness (QED) is 0.870. The number of rotatable bonds is 6. The van der Waals surface area contributed by atoms with Crippen LogP contribution in [0.3, 0.4) is 0 Å². The number of nitrogens with zero attached hydrogens (tertiary/aromatic N) is 2. The summed E-state index contributed by atoms with van der Waals surface area (Å²) in [6, 6.07) is 1.59. The summed E-state index contributed by atoms with van der Waals surface area (Å²) in [5, 5.41) is 9.41. The van der Waals surface area contributed by atoms with Crippen molar-refractivity contribution in [3.63, 3.8) is 0 Å². The maximum absolute atomic E-state index is 12.4. The maximum atomic E-state index is 12.4. The molecule has 0 atom stereocenters. The number of aryl methyl sites for hydroxylation is 1. The van der Waals surface area contributed by atoms with Gasteiger partial charge >= 0.3 is 5.97 Å². The second kappa shape index (κ2) is 5.65. The van der Waals surface area contributed by atoms with E-state index in [0.717, 1.165) is 12.8 Å². The van der Waals surface area contributed by atoms with Crippen LogP contribution in [0, 0.1) is 5.92 Å². The van der Waals surface area contributed by atoms with Crippen molar-refractivity contribution < 1.29 is 14.7 Å². The summed E-state index contributed by atoms with van der Waals surface area (Å²) in [6.07, 6.45) is 3.82. The minimum Gasteiger partial charge on any atom is -0.480 e. The Balaban J connectivity index is 2.18. The first-order valence-corrected chi connectivity index (χ1v) is 6.75. The van der Waals surface area contributed by atoms with Gasteiger partial charge in [-0.2, -0.15) is 0 Å². The molecule has 0 saturated heterocycles. The fourth-order valence-corrected chi connectivity index (χ4v) is 2.29. The van der Waals surface area contributed by atoms with Gasteiger partial charge in [0.2, 0.25) is 0 Å². The number of aliphatic carboxylic acids is 1. The summed E-state index contributed by atoms with van der Waals surface area (Å²) < 4.78 is 1.74. The van der Waals surface area contributed by atoms with Gasteiger partial charge in [0.15, 0.2) is 0 Å². The summed E-state index contributed by atoms with van der Waals surface area (Å²) in [6.45, 7) is 2.78. The van der Waals surface area contributed by atoms with E-state index in [0.29, 0.717) is 29.7 Å². The zero-order valence-electron chi connectivity index (χ0n) is 10.8. The molecule has 19 heavy (non-hydrogen) atoms. The van der Waals surface area contributed by atoms with Crippen molar-refractivity contribution in [2.24, 2.45) is 5.92 Å². The molecule has 1 aliphatic carbocycles. The predicted octanol–water partition coefficient (Wildman–Crippen LogP) is 2.10. The molecule has 0 unspecified atom stereocenters. The summed E-state index contributed by atoms with van der Waals surface area (Å²) in [5.74, 6) is -0.804. The Kier molecular flexibility index (Phi) is 4.14. The van der Waals surface area contributed by atoms with Gasteiger partial charge in [-0.05, 0) is 31.7 Å². The molecule has 0 aromatic carbocycles. The second-order valence-corrected chi connectivity index (χ2v) is 5.29. The number of amides is 1. The van der Waals surface area contributed by atoms with Gasteiger partial charge < -0.3 is 14.6 Å². The van der Waals surface area contributed by atoms with E-state index in [4.69, 9.17) is 16.7 Å². The van der Waals surface area contributed by atoms with Crippen molar-refractivity contribution in [1.29, 1.82) is 0 Å². The number of carboxylic acids is 1. The van der Waals surface area contributed by atoms with E-state index in [1.54, 1.807) is 16.8 Å². The Bertz CT molecular complexity index is 494. The Morgan fingerprint density at radius 2 is 2.21 bits per heavy atom. The Labute approximate surface area is 116 Å². The van der Waals surface area contributed by atoms with Crippen LogP contribution in [0.4, 0.5) is 0 Å². The van der Waals surface area contributed by atoms with Gasteiger partial charge in [-0.3, -0.25) is 9.59 Å². The molecule has 1 aromatic rings. The molecule has 0 aliphatic heterocycles. The van der Waals surface area contributed by atoms with E-state index in [-0.39, 0.29) is 12.5 Å². The molecule has 5 nitrogen and oxygen atoms in total. The third-order valence-corrected chi connectivity index (χ3v) is 3.42. The average Bonchev–Trinajstić information content (AvgIpc) is 3.07. The minimum absolute atomic E-state index is 0.261. The van der Waals surface area contributed by atoms with Crippen molar-refractivity contribution in [2.75, 3.05) is 13.1 Å². The van der Waals surface area contributed by atoms with Crippen molar-refractivity contribution in [1.82, 2.24) is 9.47 Å². The predicted molar refractivity (Wildman–Crippen MR) is 71.4 cm³/mol. The van der Waals surface area contributed by atoms with E-state index < -0.39 is 5.97 Å². The lowest BCUT2D eigenvalue weighted by Gasteiger charge is -2.21. The van der Waals surface area contributed by atoms with Crippen LogP contribution in [0.1, 0.15) is 30.3 Å². The molecule has 6 heteroatoms. The van der Waals surface area contributed by atoms with E-state index in [1.807, 2.05) is 6.92 Å². The topological polar surface area (TPSA) is 62.5 Å². The van der Waals surface area contributed by atoms with Crippen LogP contribution in [0.25, 0.3) is 0 Å². The fraction of sp³-hybridized carbons (Fsp3) is 0.538. The largest absolute Gasteiger partial charge is 0.480 e. The van der Waals surface area contributed by atoms with Gasteiger partial charge in [-0.25, -0.2) is 0 Å². The monoisotopic (exact) mass is 284 g/mol. The van der Waals surface area contributed by atoms with Gasteiger partial charge in [0, 0.05) is 19.3 Å². The smallest absolute Gasteiger partial charge is 0.323 e. The zero-order valence-corrected chi connectivity index (χ0v) is 11.6. The standard InChI is InChI=1S/C13H17ClN2O3/c1-2-15-7-10(14)5-11(15)13(19)16(8-12(17)18)6-9-3-4-9/h5,7,9H,2-4,6,8H2,1H3,(H,17,18). The lowest BCUT2D eigenvalue weighted by Crippen LogP contribution is -2.38. The first-order chi connectivity index (χ1) is 9.01. The van der Waals surface area contributed by atoms with Crippen molar-refractivity contribution in [3.05, 3.63) is 23.0 Å². The van der Waals surface area contributed by atoms with E-state index in [1.165, 1.54) is 4.90 Å². The molecule has 1 fully saturated rings. The Morgan fingerprint density at radius 3 is 2.74 bits per heavy atom. The minimum atomic E-state index is -0.991. The van der Waals surface area contributed by atoms with E-state index in [9.17, 15) is 9.59 Å². The Hall–Kier alpha value is -1.49. The highest BCUT2D eigenvalue weighted by Crippen LogP contribution is 2.30. The molecule has 1 amide bonds. The van der Waals surface area contributed by atoms with Gasteiger partial charge in [-0.1, -0.05) is 11.6 Å². The number of halogens is 1. The zero-order chi connectivity index (χ0) is 14.0. The van der Waals surface area contributed by atoms with Crippen LogP contribution >= 0.6 is 11.6 Å². The molecular formula is C13H17ClN2O3. The number of carbonyl (C=O) groups excluding carboxylic acids is 1. The van der Waals surface area contributed by atoms with Crippen molar-refractivity contribution >= 4 is 23.5 Å².